The predicted molar refractivity (Wildman–Crippen MR) is 62.4 cm³/mol. The van der Waals surface area contributed by atoms with Crippen LogP contribution in [-0.4, -0.2) is 21.2 Å². The molecule has 0 radical (unpaired) electrons. The minimum absolute atomic E-state index is 0.391. The first-order chi connectivity index (χ1) is 9.41. The van der Waals surface area contributed by atoms with Crippen molar-refractivity contribution in [2.75, 3.05) is 0 Å². The van der Waals surface area contributed by atoms with Crippen LogP contribution in [0.3, 0.4) is 0 Å². The molecule has 1 atom stereocenters. The summed E-state index contributed by atoms with van der Waals surface area (Å²) in [6, 6.07) is -0.141. The summed E-state index contributed by atoms with van der Waals surface area (Å²) >= 11 is 0. The molecule has 0 aliphatic carbocycles. The van der Waals surface area contributed by atoms with Gasteiger partial charge in [0.25, 0.3) is 5.91 Å². The van der Waals surface area contributed by atoms with Crippen LogP contribution >= 0.6 is 0 Å². The predicted octanol–water partition coefficient (Wildman–Crippen LogP) is 2.02. The highest BCUT2D eigenvalue weighted by atomic mass is 19.2. The molecule has 1 unspecified atom stereocenters. The largest absolute Gasteiger partial charge is 0.503 e. The number of nitrogens with zero attached hydrogens (tertiary/aromatic N) is 1. The molecule has 2 aromatic rings. The smallest absolute Gasteiger partial charge is 0.254 e. The fourth-order valence-electron chi connectivity index (χ4n) is 1.61. The van der Waals surface area contributed by atoms with E-state index in [0.29, 0.717) is 11.6 Å². The van der Waals surface area contributed by atoms with Crippen molar-refractivity contribution >= 4 is 5.91 Å². The van der Waals surface area contributed by atoms with Crippen LogP contribution in [0.4, 0.5) is 13.2 Å². The average molecular weight is 285 g/mol. The van der Waals surface area contributed by atoms with Gasteiger partial charge >= 0.3 is 0 Å². The first-order valence-electron chi connectivity index (χ1n) is 5.57. The van der Waals surface area contributed by atoms with E-state index in [4.69, 9.17) is 5.11 Å². The summed E-state index contributed by atoms with van der Waals surface area (Å²) < 4.78 is 39.6. The van der Waals surface area contributed by atoms with Gasteiger partial charge < -0.3 is 10.4 Å². The zero-order valence-corrected chi connectivity index (χ0v) is 10.2. The number of benzene rings is 1. The maximum absolute atomic E-state index is 13.5. The van der Waals surface area contributed by atoms with Crippen molar-refractivity contribution in [2.45, 2.75) is 13.0 Å². The molecule has 1 amide bonds. The first kappa shape index (κ1) is 13.9. The van der Waals surface area contributed by atoms with Gasteiger partial charge in [-0.3, -0.25) is 9.89 Å². The van der Waals surface area contributed by atoms with E-state index in [1.807, 2.05) is 0 Å². The van der Waals surface area contributed by atoms with Gasteiger partial charge in [-0.05, 0) is 13.0 Å². The van der Waals surface area contributed by atoms with E-state index < -0.39 is 40.7 Å². The average Bonchev–Trinajstić information content (AvgIpc) is 2.94. The Morgan fingerprint density at radius 1 is 1.40 bits per heavy atom. The molecule has 106 valence electrons. The van der Waals surface area contributed by atoms with E-state index in [1.54, 1.807) is 6.92 Å². The Labute approximate surface area is 111 Å². The number of aromatic amines is 1. The normalized spacial score (nSPS) is 12.2. The van der Waals surface area contributed by atoms with Crippen LogP contribution in [-0.2, 0) is 0 Å². The molecule has 0 saturated heterocycles. The van der Waals surface area contributed by atoms with Gasteiger partial charge in [0, 0.05) is 11.8 Å². The fourth-order valence-corrected chi connectivity index (χ4v) is 1.61. The number of hydrogen-bond donors (Lipinski definition) is 3. The number of aromatic nitrogens is 2. The lowest BCUT2D eigenvalue weighted by molar-refractivity contribution is 0.0934. The second-order valence-corrected chi connectivity index (χ2v) is 4.11. The van der Waals surface area contributed by atoms with Crippen LogP contribution in [0.5, 0.6) is 5.75 Å². The Morgan fingerprint density at radius 3 is 2.70 bits per heavy atom. The van der Waals surface area contributed by atoms with Crippen molar-refractivity contribution in [2.24, 2.45) is 0 Å². The van der Waals surface area contributed by atoms with E-state index in [0.717, 1.165) is 0 Å². The summed E-state index contributed by atoms with van der Waals surface area (Å²) in [5, 5.41) is 17.6. The Bertz CT molecular complexity index is 644. The maximum Gasteiger partial charge on any atom is 0.254 e. The molecule has 0 fully saturated rings. The molecule has 20 heavy (non-hydrogen) atoms. The van der Waals surface area contributed by atoms with Gasteiger partial charge in [0.1, 0.15) is 0 Å². The zero-order valence-electron chi connectivity index (χ0n) is 10.2. The van der Waals surface area contributed by atoms with Gasteiger partial charge in [0.05, 0.1) is 17.8 Å². The second-order valence-electron chi connectivity index (χ2n) is 4.11. The van der Waals surface area contributed by atoms with Crippen LogP contribution in [0, 0.1) is 17.5 Å². The standard InChI is InChI=1S/C12H10F3N3O2/c1-5(6-3-16-17-4-6)18-12(20)7-2-8(13)10(15)11(19)9(7)14/h2-5,19H,1H3,(H,16,17)(H,18,20). The van der Waals surface area contributed by atoms with Crippen molar-refractivity contribution in [3.63, 3.8) is 0 Å². The molecule has 8 heteroatoms. The molecular formula is C12H10F3N3O2. The number of phenolic OH excluding ortho intramolecular Hbond substituents is 1. The van der Waals surface area contributed by atoms with Crippen LogP contribution in [0.1, 0.15) is 28.9 Å². The molecular weight excluding hydrogens is 275 g/mol. The molecule has 0 aliphatic heterocycles. The molecule has 0 saturated carbocycles. The number of rotatable bonds is 3. The van der Waals surface area contributed by atoms with Crippen molar-refractivity contribution < 1.29 is 23.1 Å². The van der Waals surface area contributed by atoms with Gasteiger partial charge in [-0.25, -0.2) is 8.78 Å². The maximum atomic E-state index is 13.5. The third-order valence-corrected chi connectivity index (χ3v) is 2.74. The minimum atomic E-state index is -1.73. The minimum Gasteiger partial charge on any atom is -0.503 e. The monoisotopic (exact) mass is 285 g/mol. The molecule has 1 aromatic heterocycles. The first-order valence-corrected chi connectivity index (χ1v) is 5.57. The van der Waals surface area contributed by atoms with Gasteiger partial charge in [-0.1, -0.05) is 0 Å². The van der Waals surface area contributed by atoms with Gasteiger partial charge in [-0.2, -0.15) is 9.49 Å². The second kappa shape index (κ2) is 5.24. The van der Waals surface area contributed by atoms with Crippen LogP contribution in [0.15, 0.2) is 18.5 Å². The topological polar surface area (TPSA) is 78.0 Å². The van der Waals surface area contributed by atoms with Gasteiger partial charge in [0.15, 0.2) is 17.4 Å². The van der Waals surface area contributed by atoms with E-state index in [9.17, 15) is 18.0 Å². The summed E-state index contributed by atoms with van der Waals surface area (Å²) in [4.78, 5) is 11.8. The molecule has 0 spiro atoms. The number of H-pyrrole nitrogens is 1. The highest BCUT2D eigenvalue weighted by molar-refractivity contribution is 5.95. The van der Waals surface area contributed by atoms with E-state index in [-0.39, 0.29) is 0 Å². The Hall–Kier alpha value is -2.51. The number of carbonyl (C=O) groups is 1. The highest BCUT2D eigenvalue weighted by Gasteiger charge is 2.23. The molecule has 1 aromatic carbocycles. The van der Waals surface area contributed by atoms with Crippen LogP contribution < -0.4 is 5.32 Å². The third kappa shape index (κ3) is 2.44. The van der Waals surface area contributed by atoms with Crippen molar-refractivity contribution in [3.8, 4) is 5.75 Å². The van der Waals surface area contributed by atoms with Gasteiger partial charge in [0.2, 0.25) is 5.82 Å². The van der Waals surface area contributed by atoms with Crippen molar-refractivity contribution in [1.29, 1.82) is 0 Å². The summed E-state index contributed by atoms with van der Waals surface area (Å²) in [5.74, 6) is -7.26. The Kier molecular flexibility index (Phi) is 3.64. The number of aromatic hydroxyl groups is 1. The molecule has 5 nitrogen and oxygen atoms in total. The lowest BCUT2D eigenvalue weighted by atomic mass is 10.1. The fraction of sp³-hybridized carbons (Fsp3) is 0.167. The number of amides is 1. The molecule has 2 rings (SSSR count). The van der Waals surface area contributed by atoms with Crippen LogP contribution in [0.2, 0.25) is 0 Å². The number of phenols is 1. The zero-order chi connectivity index (χ0) is 14.9. The lowest BCUT2D eigenvalue weighted by Crippen LogP contribution is -2.27. The summed E-state index contributed by atoms with van der Waals surface area (Å²) in [6.07, 6.45) is 2.97. The molecule has 3 N–H and O–H groups in total. The Balaban J connectivity index is 2.26. The Morgan fingerprint density at radius 2 is 2.10 bits per heavy atom. The lowest BCUT2D eigenvalue weighted by Gasteiger charge is -2.13. The third-order valence-electron chi connectivity index (χ3n) is 2.74. The molecule has 0 aliphatic rings. The number of carbonyl (C=O) groups excluding carboxylic acids is 1. The summed E-state index contributed by atoms with van der Waals surface area (Å²) in [6.45, 7) is 1.60. The van der Waals surface area contributed by atoms with E-state index >= 15 is 0 Å². The van der Waals surface area contributed by atoms with E-state index in [1.165, 1.54) is 12.4 Å². The summed E-state index contributed by atoms with van der Waals surface area (Å²) in [5.41, 5.74) is -0.165. The van der Waals surface area contributed by atoms with E-state index in [2.05, 4.69) is 15.5 Å². The van der Waals surface area contributed by atoms with Crippen LogP contribution in [0.25, 0.3) is 0 Å². The molecule has 1 heterocycles. The van der Waals surface area contributed by atoms with Crippen molar-refractivity contribution in [3.05, 3.63) is 47.0 Å². The van der Waals surface area contributed by atoms with Gasteiger partial charge in [-0.15, -0.1) is 0 Å². The van der Waals surface area contributed by atoms with Crippen molar-refractivity contribution in [1.82, 2.24) is 15.5 Å². The quantitative estimate of drug-likeness (QED) is 0.755. The number of halogens is 3. The number of hydrogen-bond acceptors (Lipinski definition) is 3. The summed E-state index contributed by atoms with van der Waals surface area (Å²) in [7, 11) is 0. The SMILES string of the molecule is CC(NC(=O)c1cc(F)c(F)c(O)c1F)c1cn[nH]c1. The molecule has 0 bridgehead atoms. The highest BCUT2D eigenvalue weighted by Crippen LogP contribution is 2.26. The number of nitrogens with one attached hydrogen (secondary N) is 2.